The molecule has 1 heterocycles. The van der Waals surface area contributed by atoms with Crippen LogP contribution in [0.25, 0.3) is 10.6 Å². The highest BCUT2D eigenvalue weighted by atomic mass is 32.1. The number of amides is 1. The second-order valence-corrected chi connectivity index (χ2v) is 6.46. The first kappa shape index (κ1) is 18.0. The lowest BCUT2D eigenvalue weighted by atomic mass is 9.94. The van der Waals surface area contributed by atoms with E-state index in [-0.39, 0.29) is 17.3 Å². The average Bonchev–Trinajstić information content (AvgIpc) is 3.09. The predicted octanol–water partition coefficient (Wildman–Crippen LogP) is 2.97. The molecule has 0 spiro atoms. The van der Waals surface area contributed by atoms with Crippen molar-refractivity contribution in [3.63, 3.8) is 0 Å². The number of aromatic nitrogens is 1. The highest BCUT2D eigenvalue weighted by Crippen LogP contribution is 2.26. The molecule has 0 aliphatic heterocycles. The van der Waals surface area contributed by atoms with Crippen molar-refractivity contribution in [2.75, 3.05) is 6.54 Å². The number of nitro groups is 1. The van der Waals surface area contributed by atoms with E-state index in [1.165, 1.54) is 23.5 Å². The standard InChI is InChI=1S/C16H20N4O3S/c1-3-16(17,4-2)10-18-14(21)13-9-24-15(19-13)11-6-5-7-12(8-11)20(22)23/h5-9H,3-4,10,17H2,1-2H3,(H,18,21). The number of benzene rings is 1. The van der Waals surface area contributed by atoms with Gasteiger partial charge in [0.15, 0.2) is 0 Å². The van der Waals surface area contributed by atoms with E-state index in [0.717, 1.165) is 12.8 Å². The summed E-state index contributed by atoms with van der Waals surface area (Å²) < 4.78 is 0. The van der Waals surface area contributed by atoms with Gasteiger partial charge in [-0.05, 0) is 12.8 Å². The maximum atomic E-state index is 12.2. The fourth-order valence-corrected chi connectivity index (χ4v) is 2.91. The Bertz CT molecular complexity index is 740. The summed E-state index contributed by atoms with van der Waals surface area (Å²) in [6.45, 7) is 4.35. The highest BCUT2D eigenvalue weighted by molar-refractivity contribution is 7.13. The molecular formula is C16H20N4O3S. The third kappa shape index (κ3) is 4.15. The highest BCUT2D eigenvalue weighted by Gasteiger charge is 2.22. The number of nitrogens with one attached hydrogen (secondary N) is 1. The lowest BCUT2D eigenvalue weighted by Crippen LogP contribution is -2.49. The molecule has 8 heteroatoms. The minimum atomic E-state index is -0.457. The largest absolute Gasteiger partial charge is 0.349 e. The minimum absolute atomic E-state index is 0.00694. The fourth-order valence-electron chi connectivity index (χ4n) is 2.11. The number of hydrogen-bond acceptors (Lipinski definition) is 6. The van der Waals surface area contributed by atoms with Crippen LogP contribution >= 0.6 is 11.3 Å². The molecule has 0 unspecified atom stereocenters. The van der Waals surface area contributed by atoms with Crippen LogP contribution in [0.3, 0.4) is 0 Å². The lowest BCUT2D eigenvalue weighted by Gasteiger charge is -2.26. The van der Waals surface area contributed by atoms with Crippen LogP contribution in [0.2, 0.25) is 0 Å². The summed E-state index contributed by atoms with van der Waals surface area (Å²) in [6, 6.07) is 6.19. The van der Waals surface area contributed by atoms with Gasteiger partial charge in [0.2, 0.25) is 0 Å². The molecule has 0 saturated heterocycles. The Morgan fingerprint density at radius 2 is 2.12 bits per heavy atom. The summed E-state index contributed by atoms with van der Waals surface area (Å²) in [4.78, 5) is 26.9. The van der Waals surface area contributed by atoms with Crippen LogP contribution in [0.15, 0.2) is 29.6 Å². The number of nitro benzene ring substituents is 1. The fraction of sp³-hybridized carbons (Fsp3) is 0.375. The van der Waals surface area contributed by atoms with Gasteiger partial charge in [-0.3, -0.25) is 14.9 Å². The van der Waals surface area contributed by atoms with Gasteiger partial charge >= 0.3 is 0 Å². The normalized spacial score (nSPS) is 11.3. The molecule has 0 radical (unpaired) electrons. The Balaban J connectivity index is 2.11. The van der Waals surface area contributed by atoms with Crippen LogP contribution in [-0.4, -0.2) is 27.9 Å². The van der Waals surface area contributed by atoms with Crippen molar-refractivity contribution in [1.82, 2.24) is 10.3 Å². The Morgan fingerprint density at radius 3 is 2.75 bits per heavy atom. The first-order valence-electron chi connectivity index (χ1n) is 7.66. The monoisotopic (exact) mass is 348 g/mol. The second-order valence-electron chi connectivity index (χ2n) is 5.60. The summed E-state index contributed by atoms with van der Waals surface area (Å²) >= 11 is 1.27. The molecule has 1 aromatic carbocycles. The van der Waals surface area contributed by atoms with Gasteiger partial charge in [0.1, 0.15) is 10.7 Å². The van der Waals surface area contributed by atoms with Crippen LogP contribution in [0.4, 0.5) is 5.69 Å². The van der Waals surface area contributed by atoms with Gasteiger partial charge in [0.05, 0.1) is 4.92 Å². The molecular weight excluding hydrogens is 328 g/mol. The van der Waals surface area contributed by atoms with Crippen LogP contribution in [-0.2, 0) is 0 Å². The van der Waals surface area contributed by atoms with Gasteiger partial charge in [-0.25, -0.2) is 4.98 Å². The maximum absolute atomic E-state index is 12.2. The second kappa shape index (κ2) is 7.50. The van der Waals surface area contributed by atoms with Crippen LogP contribution in [0, 0.1) is 10.1 Å². The molecule has 0 fully saturated rings. The number of nitrogens with two attached hydrogens (primary N) is 1. The van der Waals surface area contributed by atoms with Gasteiger partial charge in [-0.2, -0.15) is 0 Å². The number of non-ortho nitro benzene ring substituents is 1. The number of nitrogens with zero attached hydrogens (tertiary/aromatic N) is 2. The third-order valence-electron chi connectivity index (χ3n) is 4.05. The van der Waals surface area contributed by atoms with Gasteiger partial charge < -0.3 is 11.1 Å². The molecule has 2 rings (SSSR count). The zero-order chi connectivity index (χ0) is 17.7. The lowest BCUT2D eigenvalue weighted by molar-refractivity contribution is -0.384. The molecule has 0 aliphatic carbocycles. The van der Waals surface area contributed by atoms with Crippen LogP contribution in [0.1, 0.15) is 37.2 Å². The molecule has 128 valence electrons. The van der Waals surface area contributed by atoms with Gasteiger partial charge in [-0.1, -0.05) is 26.0 Å². The van der Waals surface area contributed by atoms with E-state index in [4.69, 9.17) is 5.73 Å². The van der Waals surface area contributed by atoms with Crippen molar-refractivity contribution < 1.29 is 9.72 Å². The minimum Gasteiger partial charge on any atom is -0.349 e. The molecule has 24 heavy (non-hydrogen) atoms. The summed E-state index contributed by atoms with van der Waals surface area (Å²) in [5.74, 6) is -0.292. The molecule has 3 N–H and O–H groups in total. The topological polar surface area (TPSA) is 111 Å². The molecule has 1 amide bonds. The summed E-state index contributed by atoms with van der Waals surface area (Å²) in [6.07, 6.45) is 1.53. The number of hydrogen-bond donors (Lipinski definition) is 2. The zero-order valence-electron chi connectivity index (χ0n) is 13.6. The molecule has 0 saturated carbocycles. The third-order valence-corrected chi connectivity index (χ3v) is 4.94. The van der Waals surface area contributed by atoms with Gasteiger partial charge in [0, 0.05) is 35.2 Å². The maximum Gasteiger partial charge on any atom is 0.270 e. The first-order chi connectivity index (χ1) is 11.4. The number of rotatable bonds is 7. The summed E-state index contributed by atoms with van der Waals surface area (Å²) in [5, 5.41) is 15.9. The van der Waals surface area contributed by atoms with Crippen LogP contribution < -0.4 is 11.1 Å². The Labute approximate surface area is 144 Å². The molecule has 0 bridgehead atoms. The predicted molar refractivity (Wildman–Crippen MR) is 94.0 cm³/mol. The molecule has 0 aliphatic rings. The number of thiazole rings is 1. The van der Waals surface area contributed by atoms with Crippen molar-refractivity contribution in [3.8, 4) is 10.6 Å². The first-order valence-corrected chi connectivity index (χ1v) is 8.54. The smallest absolute Gasteiger partial charge is 0.270 e. The van der Waals surface area contributed by atoms with Crippen molar-refractivity contribution >= 4 is 22.9 Å². The van der Waals surface area contributed by atoms with Gasteiger partial charge in [0.25, 0.3) is 11.6 Å². The number of carbonyl (C=O) groups excluding carboxylic acids is 1. The van der Waals surface area contributed by atoms with E-state index in [0.29, 0.717) is 17.1 Å². The van der Waals surface area contributed by atoms with Crippen molar-refractivity contribution in [2.45, 2.75) is 32.2 Å². The van der Waals surface area contributed by atoms with Crippen molar-refractivity contribution in [3.05, 3.63) is 45.5 Å². The Hall–Kier alpha value is -2.32. The van der Waals surface area contributed by atoms with E-state index in [2.05, 4.69) is 10.3 Å². The Kier molecular flexibility index (Phi) is 5.63. The average molecular weight is 348 g/mol. The summed E-state index contributed by atoms with van der Waals surface area (Å²) in [7, 11) is 0. The molecule has 1 aromatic heterocycles. The van der Waals surface area contributed by atoms with Crippen molar-refractivity contribution in [1.29, 1.82) is 0 Å². The van der Waals surface area contributed by atoms with E-state index in [1.807, 2.05) is 13.8 Å². The van der Waals surface area contributed by atoms with E-state index >= 15 is 0 Å². The van der Waals surface area contributed by atoms with E-state index in [9.17, 15) is 14.9 Å². The summed E-state index contributed by atoms with van der Waals surface area (Å²) in [5.41, 5.74) is 6.64. The number of carbonyl (C=O) groups is 1. The molecule has 7 nitrogen and oxygen atoms in total. The van der Waals surface area contributed by atoms with E-state index in [1.54, 1.807) is 17.5 Å². The van der Waals surface area contributed by atoms with E-state index < -0.39 is 10.5 Å². The van der Waals surface area contributed by atoms with Crippen LogP contribution in [0.5, 0.6) is 0 Å². The van der Waals surface area contributed by atoms with Gasteiger partial charge in [-0.15, -0.1) is 11.3 Å². The SMILES string of the molecule is CCC(N)(CC)CNC(=O)c1csc(-c2cccc([N+](=O)[O-])c2)n1. The molecule has 0 atom stereocenters. The van der Waals surface area contributed by atoms with Crippen molar-refractivity contribution in [2.24, 2.45) is 5.73 Å². The quantitative estimate of drug-likeness (QED) is 0.590. The molecule has 2 aromatic rings. The Morgan fingerprint density at radius 1 is 1.42 bits per heavy atom. The zero-order valence-corrected chi connectivity index (χ0v) is 14.4.